The molecule has 1 aliphatic heterocycles. The molecule has 0 bridgehead atoms. The fraction of sp³-hybridized carbons (Fsp3) is 0.444. The lowest BCUT2D eigenvalue weighted by Crippen LogP contribution is -2.47. The molecular formula is C9H11N3O3S. The molecule has 1 amide bonds. The van der Waals surface area contributed by atoms with Gasteiger partial charge in [0.15, 0.2) is 5.13 Å². The lowest BCUT2D eigenvalue weighted by molar-refractivity contribution is -0.120. The van der Waals surface area contributed by atoms with E-state index in [0.717, 1.165) is 0 Å². The zero-order valence-electron chi connectivity index (χ0n) is 8.73. The first-order valence-corrected chi connectivity index (χ1v) is 5.58. The highest BCUT2D eigenvalue weighted by Gasteiger charge is 2.20. The van der Waals surface area contributed by atoms with Crippen molar-refractivity contribution >= 4 is 28.3 Å². The highest BCUT2D eigenvalue weighted by Crippen LogP contribution is 2.23. The quantitative estimate of drug-likeness (QED) is 0.730. The predicted molar refractivity (Wildman–Crippen MR) is 58.7 cm³/mol. The molecule has 1 N–H and O–H groups in total. The van der Waals surface area contributed by atoms with Crippen molar-refractivity contribution < 1.29 is 14.3 Å². The topological polar surface area (TPSA) is 71.5 Å². The molecule has 0 spiro atoms. The van der Waals surface area contributed by atoms with E-state index in [0.29, 0.717) is 23.1 Å². The molecule has 16 heavy (non-hydrogen) atoms. The van der Waals surface area contributed by atoms with Gasteiger partial charge in [-0.05, 0) is 0 Å². The number of nitrogens with one attached hydrogen (secondary N) is 1. The molecule has 2 rings (SSSR count). The Kier molecular flexibility index (Phi) is 3.04. The third-order valence-corrected chi connectivity index (χ3v) is 3.23. The van der Waals surface area contributed by atoms with E-state index in [-0.39, 0.29) is 12.5 Å². The summed E-state index contributed by atoms with van der Waals surface area (Å²) >= 11 is 1.23. The Morgan fingerprint density at radius 3 is 3.19 bits per heavy atom. The number of esters is 1. The number of rotatable bonds is 2. The van der Waals surface area contributed by atoms with Crippen LogP contribution in [0.3, 0.4) is 0 Å². The Hall–Kier alpha value is -1.63. The number of anilines is 1. The maximum absolute atomic E-state index is 11.2. The largest absolute Gasteiger partial charge is 0.465 e. The fourth-order valence-electron chi connectivity index (χ4n) is 1.41. The Balaban J connectivity index is 2.12. The first-order chi connectivity index (χ1) is 7.70. The lowest BCUT2D eigenvalue weighted by atomic mass is 10.4. The molecule has 0 radical (unpaired) electrons. The van der Waals surface area contributed by atoms with E-state index >= 15 is 0 Å². The van der Waals surface area contributed by atoms with Crippen molar-refractivity contribution in [2.24, 2.45) is 0 Å². The number of amides is 1. The fourth-order valence-corrected chi connectivity index (χ4v) is 2.27. The van der Waals surface area contributed by atoms with Gasteiger partial charge >= 0.3 is 5.97 Å². The molecule has 1 fully saturated rings. The van der Waals surface area contributed by atoms with Crippen molar-refractivity contribution in [2.75, 3.05) is 31.6 Å². The van der Waals surface area contributed by atoms with Gasteiger partial charge in [0.25, 0.3) is 0 Å². The van der Waals surface area contributed by atoms with E-state index in [1.807, 2.05) is 4.90 Å². The van der Waals surface area contributed by atoms with E-state index in [4.69, 9.17) is 0 Å². The number of carbonyl (C=O) groups excluding carboxylic acids is 2. The van der Waals surface area contributed by atoms with Gasteiger partial charge in [-0.3, -0.25) is 4.79 Å². The third-order valence-electron chi connectivity index (χ3n) is 2.19. The summed E-state index contributed by atoms with van der Waals surface area (Å²) in [6, 6.07) is 0. The summed E-state index contributed by atoms with van der Waals surface area (Å²) in [4.78, 5) is 28.8. The van der Waals surface area contributed by atoms with Crippen molar-refractivity contribution in [2.45, 2.75) is 0 Å². The van der Waals surface area contributed by atoms with Gasteiger partial charge in [0.05, 0.1) is 19.9 Å². The maximum Gasteiger partial charge on any atom is 0.349 e. The molecule has 0 aliphatic carbocycles. The van der Waals surface area contributed by atoms with Crippen LogP contribution in [0, 0.1) is 0 Å². The van der Waals surface area contributed by atoms with Crippen LogP contribution in [0.1, 0.15) is 9.67 Å². The number of hydrogen-bond donors (Lipinski definition) is 1. The van der Waals surface area contributed by atoms with Crippen LogP contribution in [0.15, 0.2) is 6.20 Å². The van der Waals surface area contributed by atoms with Crippen molar-refractivity contribution in [3.05, 3.63) is 11.1 Å². The molecule has 0 aromatic carbocycles. The van der Waals surface area contributed by atoms with E-state index in [2.05, 4.69) is 15.0 Å². The van der Waals surface area contributed by atoms with E-state index in [1.165, 1.54) is 24.6 Å². The Labute approximate surface area is 96.2 Å². The molecule has 86 valence electrons. The molecule has 7 heteroatoms. The van der Waals surface area contributed by atoms with Crippen LogP contribution < -0.4 is 10.2 Å². The minimum atomic E-state index is -0.398. The van der Waals surface area contributed by atoms with Crippen molar-refractivity contribution in [3.8, 4) is 0 Å². The average Bonchev–Trinajstić information content (AvgIpc) is 2.77. The summed E-state index contributed by atoms with van der Waals surface area (Å²) in [6.07, 6.45) is 1.47. The Bertz CT molecular complexity index is 418. The number of carbonyl (C=O) groups is 2. The number of aromatic nitrogens is 1. The van der Waals surface area contributed by atoms with Gasteiger partial charge in [0.1, 0.15) is 4.88 Å². The van der Waals surface area contributed by atoms with Crippen LogP contribution in [0.4, 0.5) is 5.13 Å². The van der Waals surface area contributed by atoms with Gasteiger partial charge in [-0.1, -0.05) is 11.3 Å². The monoisotopic (exact) mass is 241 g/mol. The number of ether oxygens (including phenoxy) is 1. The molecule has 2 heterocycles. The summed E-state index contributed by atoms with van der Waals surface area (Å²) in [5.74, 6) is -0.425. The number of hydrogen-bond acceptors (Lipinski definition) is 6. The minimum absolute atomic E-state index is 0.0268. The van der Waals surface area contributed by atoms with Crippen LogP contribution in [0.2, 0.25) is 0 Å². The minimum Gasteiger partial charge on any atom is -0.465 e. The second-order valence-electron chi connectivity index (χ2n) is 3.27. The Morgan fingerprint density at radius 1 is 1.69 bits per heavy atom. The molecule has 1 aromatic rings. The summed E-state index contributed by atoms with van der Waals surface area (Å²) in [6.45, 7) is 1.60. The smallest absolute Gasteiger partial charge is 0.349 e. The number of methoxy groups -OCH3 is 1. The van der Waals surface area contributed by atoms with Crippen molar-refractivity contribution in [1.82, 2.24) is 10.3 Å². The molecule has 0 saturated carbocycles. The average molecular weight is 241 g/mol. The number of thiazole rings is 1. The summed E-state index contributed by atoms with van der Waals surface area (Å²) in [7, 11) is 1.33. The van der Waals surface area contributed by atoms with Gasteiger partial charge in [0, 0.05) is 13.1 Å². The molecular weight excluding hydrogens is 230 g/mol. The summed E-state index contributed by atoms with van der Waals surface area (Å²) < 4.78 is 4.59. The van der Waals surface area contributed by atoms with Gasteiger partial charge in [0.2, 0.25) is 5.91 Å². The molecule has 1 aromatic heterocycles. The van der Waals surface area contributed by atoms with E-state index < -0.39 is 5.97 Å². The van der Waals surface area contributed by atoms with Gasteiger partial charge in [-0.2, -0.15) is 0 Å². The van der Waals surface area contributed by atoms with Gasteiger partial charge < -0.3 is 15.0 Å². The third kappa shape index (κ3) is 2.13. The van der Waals surface area contributed by atoms with Crippen LogP contribution >= 0.6 is 11.3 Å². The van der Waals surface area contributed by atoms with E-state index in [9.17, 15) is 9.59 Å². The van der Waals surface area contributed by atoms with Crippen molar-refractivity contribution in [3.63, 3.8) is 0 Å². The summed E-state index contributed by atoms with van der Waals surface area (Å²) in [5, 5.41) is 3.40. The zero-order valence-corrected chi connectivity index (χ0v) is 9.54. The second-order valence-corrected chi connectivity index (χ2v) is 4.28. The molecule has 1 aliphatic rings. The van der Waals surface area contributed by atoms with E-state index in [1.54, 1.807) is 0 Å². The number of nitrogens with zero attached hydrogens (tertiary/aromatic N) is 2. The molecule has 1 saturated heterocycles. The first-order valence-electron chi connectivity index (χ1n) is 4.76. The maximum atomic E-state index is 11.2. The highest BCUT2D eigenvalue weighted by atomic mass is 32.1. The molecule has 0 atom stereocenters. The summed E-state index contributed by atoms with van der Waals surface area (Å²) in [5.41, 5.74) is 0. The zero-order chi connectivity index (χ0) is 11.5. The standard InChI is InChI=1S/C9H11N3O3S/c1-15-8(14)6-4-11-9(16-6)12-3-2-10-7(13)5-12/h4H,2-3,5H2,1H3,(H,10,13). The van der Waals surface area contributed by atoms with Crippen LogP contribution in [0.25, 0.3) is 0 Å². The lowest BCUT2D eigenvalue weighted by Gasteiger charge is -2.25. The Morgan fingerprint density at radius 2 is 2.50 bits per heavy atom. The highest BCUT2D eigenvalue weighted by molar-refractivity contribution is 7.17. The van der Waals surface area contributed by atoms with Gasteiger partial charge in [-0.15, -0.1) is 0 Å². The normalized spacial score (nSPS) is 15.8. The predicted octanol–water partition coefficient (Wildman–Crippen LogP) is -0.134. The molecule has 0 unspecified atom stereocenters. The van der Waals surface area contributed by atoms with Gasteiger partial charge in [-0.25, -0.2) is 9.78 Å². The second kappa shape index (κ2) is 4.48. The first kappa shape index (κ1) is 10.9. The van der Waals surface area contributed by atoms with Crippen molar-refractivity contribution in [1.29, 1.82) is 0 Å². The SMILES string of the molecule is COC(=O)c1cnc(N2CCNC(=O)C2)s1. The molecule has 6 nitrogen and oxygen atoms in total. The number of piperazine rings is 1. The van der Waals surface area contributed by atoms with Crippen LogP contribution in [-0.2, 0) is 9.53 Å². The van der Waals surface area contributed by atoms with Crippen LogP contribution in [0.5, 0.6) is 0 Å². The van der Waals surface area contributed by atoms with Crippen LogP contribution in [-0.4, -0.2) is 43.6 Å².